The molecule has 0 fully saturated rings. The Morgan fingerprint density at radius 2 is 2.18 bits per heavy atom. The van der Waals surface area contributed by atoms with Crippen molar-refractivity contribution in [3.05, 3.63) is 35.6 Å². The van der Waals surface area contributed by atoms with Crippen LogP contribution in [0, 0.1) is 0 Å². The number of halogens is 3. The van der Waals surface area contributed by atoms with E-state index in [4.69, 9.17) is 0 Å². The Kier molecular flexibility index (Phi) is 4.37. The first-order chi connectivity index (χ1) is 7.87. The molecule has 1 amide bonds. The molecular weight excluding hydrogens is 235 g/mol. The van der Waals surface area contributed by atoms with Gasteiger partial charge in [-0.05, 0) is 11.6 Å². The summed E-state index contributed by atoms with van der Waals surface area (Å²) in [5.74, 6) is -0.370. The molecule has 1 N–H and O–H groups in total. The third-order valence-corrected chi connectivity index (χ3v) is 1.92. The molecule has 6 heteroatoms. The molecular formula is C11H12F3NO2. The first-order valence-corrected chi connectivity index (χ1v) is 4.93. The number of ether oxygens (including phenoxy) is 1. The summed E-state index contributed by atoms with van der Waals surface area (Å²) in [6, 6.07) is 0. The Labute approximate surface area is 96.6 Å². The lowest BCUT2D eigenvalue weighted by Crippen LogP contribution is -2.21. The quantitative estimate of drug-likeness (QED) is 0.831. The van der Waals surface area contributed by atoms with Crippen molar-refractivity contribution in [2.24, 2.45) is 0 Å². The molecule has 1 aliphatic rings. The fraction of sp³-hybridized carbons (Fsp3) is 0.364. The van der Waals surface area contributed by atoms with Crippen LogP contribution in [0.3, 0.4) is 0 Å². The molecule has 0 saturated heterocycles. The molecule has 0 aromatic carbocycles. The number of alkyl halides is 3. The summed E-state index contributed by atoms with van der Waals surface area (Å²) in [6.07, 6.45) is 1.35. The summed E-state index contributed by atoms with van der Waals surface area (Å²) in [5, 5.41) is 2.56. The molecule has 0 aliphatic heterocycles. The summed E-state index contributed by atoms with van der Waals surface area (Å²) in [7, 11) is 0. The molecule has 0 saturated carbocycles. The maximum atomic E-state index is 12.0. The van der Waals surface area contributed by atoms with Crippen molar-refractivity contribution in [3.8, 4) is 0 Å². The van der Waals surface area contributed by atoms with Gasteiger partial charge in [0.05, 0.1) is 0 Å². The normalized spacial score (nSPS) is 15.8. The Morgan fingerprint density at radius 3 is 2.76 bits per heavy atom. The van der Waals surface area contributed by atoms with Crippen LogP contribution < -0.4 is 5.32 Å². The van der Waals surface area contributed by atoms with Crippen molar-refractivity contribution in [2.45, 2.75) is 19.7 Å². The molecule has 0 radical (unpaired) electrons. The highest BCUT2D eigenvalue weighted by atomic mass is 19.4. The van der Waals surface area contributed by atoms with Crippen LogP contribution in [0.2, 0.25) is 0 Å². The maximum Gasteiger partial charge on any atom is 0.572 e. The molecule has 0 bridgehead atoms. The van der Waals surface area contributed by atoms with E-state index < -0.39 is 6.36 Å². The van der Waals surface area contributed by atoms with E-state index in [2.05, 4.69) is 10.1 Å². The zero-order valence-corrected chi connectivity index (χ0v) is 9.17. The molecule has 1 aliphatic carbocycles. The van der Waals surface area contributed by atoms with E-state index in [1.54, 1.807) is 12.2 Å². The van der Waals surface area contributed by atoms with E-state index >= 15 is 0 Å². The molecule has 0 atom stereocenters. The SMILES string of the molecule is CC(=O)NCC1=CC=C(OC(F)(F)F)CC=C1. The number of carbonyl (C=O) groups excluding carboxylic acids is 1. The minimum absolute atomic E-state index is 0.0690. The third kappa shape index (κ3) is 5.79. The highest BCUT2D eigenvalue weighted by Gasteiger charge is 2.31. The van der Waals surface area contributed by atoms with Gasteiger partial charge >= 0.3 is 6.36 Å². The average molecular weight is 247 g/mol. The number of amides is 1. The minimum atomic E-state index is -4.67. The molecule has 17 heavy (non-hydrogen) atoms. The predicted molar refractivity (Wildman–Crippen MR) is 55.7 cm³/mol. The van der Waals surface area contributed by atoms with E-state index in [1.807, 2.05) is 0 Å². The second-order valence-corrected chi connectivity index (χ2v) is 3.44. The van der Waals surface area contributed by atoms with E-state index in [1.165, 1.54) is 19.1 Å². The molecule has 1 rings (SSSR count). The topological polar surface area (TPSA) is 38.3 Å². The van der Waals surface area contributed by atoms with E-state index in [0.717, 1.165) is 0 Å². The van der Waals surface area contributed by atoms with Gasteiger partial charge in [-0.25, -0.2) is 0 Å². The van der Waals surface area contributed by atoms with Gasteiger partial charge in [-0.3, -0.25) is 4.79 Å². The monoisotopic (exact) mass is 247 g/mol. The van der Waals surface area contributed by atoms with Crippen LogP contribution in [0.15, 0.2) is 35.6 Å². The van der Waals surface area contributed by atoms with Gasteiger partial charge in [0.2, 0.25) is 5.91 Å². The molecule has 0 aromatic rings. The fourth-order valence-corrected chi connectivity index (χ4v) is 1.22. The molecule has 0 spiro atoms. The predicted octanol–water partition coefficient (Wildman–Crippen LogP) is 2.43. The highest BCUT2D eigenvalue weighted by molar-refractivity contribution is 5.73. The van der Waals surface area contributed by atoms with Crippen LogP contribution in [0.1, 0.15) is 13.3 Å². The lowest BCUT2D eigenvalue weighted by Gasteiger charge is -2.09. The zero-order valence-electron chi connectivity index (χ0n) is 9.17. The minimum Gasteiger partial charge on any atom is -0.410 e. The number of carbonyl (C=O) groups is 1. The molecule has 94 valence electrons. The van der Waals surface area contributed by atoms with Gasteiger partial charge in [0.15, 0.2) is 0 Å². The fourth-order valence-electron chi connectivity index (χ4n) is 1.22. The van der Waals surface area contributed by atoms with Crippen molar-refractivity contribution in [3.63, 3.8) is 0 Å². The van der Waals surface area contributed by atoms with Crippen LogP contribution in [0.4, 0.5) is 13.2 Å². The van der Waals surface area contributed by atoms with Crippen molar-refractivity contribution < 1.29 is 22.7 Å². The lowest BCUT2D eigenvalue weighted by molar-refractivity contribution is -0.305. The summed E-state index contributed by atoms with van der Waals surface area (Å²) >= 11 is 0. The molecule has 0 aromatic heterocycles. The summed E-state index contributed by atoms with van der Waals surface area (Å²) in [5.41, 5.74) is 0.709. The molecule has 0 unspecified atom stereocenters. The first kappa shape index (κ1) is 13.3. The van der Waals surface area contributed by atoms with Crippen LogP contribution in [-0.2, 0) is 9.53 Å². The van der Waals surface area contributed by atoms with E-state index in [-0.39, 0.29) is 24.6 Å². The Morgan fingerprint density at radius 1 is 1.47 bits per heavy atom. The van der Waals surface area contributed by atoms with Gasteiger partial charge in [-0.1, -0.05) is 18.2 Å². The average Bonchev–Trinajstić information content (AvgIpc) is 2.38. The van der Waals surface area contributed by atoms with Crippen LogP contribution in [0.5, 0.6) is 0 Å². The standard InChI is InChI=1S/C11H12F3NO2/c1-8(16)15-7-9-3-2-4-10(6-5-9)17-11(12,13)14/h2-3,5-6H,4,7H2,1H3,(H,15,16). The van der Waals surface area contributed by atoms with Gasteiger partial charge < -0.3 is 10.1 Å². The summed E-state index contributed by atoms with van der Waals surface area (Å²) in [6.45, 7) is 1.65. The Balaban J connectivity index is 2.62. The highest BCUT2D eigenvalue weighted by Crippen LogP contribution is 2.24. The summed E-state index contributed by atoms with van der Waals surface area (Å²) in [4.78, 5) is 10.7. The zero-order chi connectivity index (χ0) is 12.9. The smallest absolute Gasteiger partial charge is 0.410 e. The number of allylic oxidation sites excluding steroid dienone is 3. The second-order valence-electron chi connectivity index (χ2n) is 3.44. The van der Waals surface area contributed by atoms with Crippen molar-refractivity contribution >= 4 is 5.91 Å². The number of nitrogens with one attached hydrogen (secondary N) is 1. The van der Waals surface area contributed by atoms with Gasteiger partial charge in [0, 0.05) is 19.9 Å². The number of hydrogen-bond acceptors (Lipinski definition) is 2. The van der Waals surface area contributed by atoms with Gasteiger partial charge in [-0.2, -0.15) is 0 Å². The first-order valence-electron chi connectivity index (χ1n) is 4.93. The number of hydrogen-bond donors (Lipinski definition) is 1. The lowest BCUT2D eigenvalue weighted by atomic mass is 10.2. The third-order valence-electron chi connectivity index (χ3n) is 1.92. The summed E-state index contributed by atoms with van der Waals surface area (Å²) < 4.78 is 39.7. The van der Waals surface area contributed by atoms with Crippen LogP contribution in [-0.4, -0.2) is 18.8 Å². The second kappa shape index (κ2) is 5.56. The van der Waals surface area contributed by atoms with Gasteiger partial charge in [0.25, 0.3) is 0 Å². The van der Waals surface area contributed by atoms with Gasteiger partial charge in [-0.15, -0.1) is 13.2 Å². The van der Waals surface area contributed by atoms with Crippen molar-refractivity contribution in [1.82, 2.24) is 5.32 Å². The van der Waals surface area contributed by atoms with Crippen LogP contribution >= 0.6 is 0 Å². The molecule has 0 heterocycles. The maximum absolute atomic E-state index is 12.0. The number of rotatable bonds is 3. The van der Waals surface area contributed by atoms with E-state index in [9.17, 15) is 18.0 Å². The van der Waals surface area contributed by atoms with E-state index in [0.29, 0.717) is 5.57 Å². The van der Waals surface area contributed by atoms with Crippen molar-refractivity contribution in [2.75, 3.05) is 6.54 Å². The molecule has 3 nitrogen and oxygen atoms in total. The Hall–Kier alpha value is -1.72. The van der Waals surface area contributed by atoms with Gasteiger partial charge in [0.1, 0.15) is 5.76 Å². The van der Waals surface area contributed by atoms with Crippen LogP contribution in [0.25, 0.3) is 0 Å². The van der Waals surface area contributed by atoms with Crippen molar-refractivity contribution in [1.29, 1.82) is 0 Å². The Bertz CT molecular complexity index is 381. The largest absolute Gasteiger partial charge is 0.572 e.